The van der Waals surface area contributed by atoms with Crippen molar-refractivity contribution in [2.45, 2.75) is 12.6 Å². The molecule has 4 rings (SSSR count). The summed E-state index contributed by atoms with van der Waals surface area (Å²) in [5, 5.41) is 27.4. The van der Waals surface area contributed by atoms with Crippen LogP contribution in [0.3, 0.4) is 0 Å². The number of rotatable bonds is 6. The van der Waals surface area contributed by atoms with Crippen molar-refractivity contribution in [1.82, 2.24) is 24.6 Å². The Bertz CT molecular complexity index is 1250. The number of benzene rings is 1. The molecule has 0 bridgehead atoms. The minimum Gasteiger partial charge on any atom is -0.476 e. The van der Waals surface area contributed by atoms with Gasteiger partial charge in [0.1, 0.15) is 0 Å². The van der Waals surface area contributed by atoms with Crippen molar-refractivity contribution in [1.29, 1.82) is 0 Å². The Morgan fingerprint density at radius 3 is 2.73 bits per heavy atom. The third-order valence-electron chi connectivity index (χ3n) is 4.45. The Balaban J connectivity index is 1.96. The first kappa shape index (κ1) is 19.6. The summed E-state index contributed by atoms with van der Waals surface area (Å²) in [5.74, 6) is -0.987. The van der Waals surface area contributed by atoms with Gasteiger partial charge in [0.2, 0.25) is 0 Å². The molecule has 0 fully saturated rings. The number of aromatic carboxylic acids is 1. The van der Waals surface area contributed by atoms with Crippen molar-refractivity contribution >= 4 is 28.5 Å². The van der Waals surface area contributed by atoms with Crippen LogP contribution in [0.25, 0.3) is 28.1 Å². The molecule has 0 aliphatic heterocycles. The molecular weight excluding hydrogens is 405 g/mol. The molecule has 0 amide bonds. The first-order valence-corrected chi connectivity index (χ1v) is 8.82. The first-order chi connectivity index (χ1) is 14.3. The predicted octanol–water partition coefficient (Wildman–Crippen LogP) is 2.78. The zero-order valence-electron chi connectivity index (χ0n) is 15.2. The molecule has 0 aliphatic rings. The van der Waals surface area contributed by atoms with Gasteiger partial charge >= 0.3 is 12.1 Å². The number of aromatic nitrogens is 5. The lowest BCUT2D eigenvalue weighted by Gasteiger charge is -2.13. The van der Waals surface area contributed by atoms with Gasteiger partial charge in [0.25, 0.3) is 0 Å². The number of anilines is 1. The number of aliphatic hydroxyl groups is 1. The van der Waals surface area contributed by atoms with Gasteiger partial charge in [0.05, 0.1) is 34.2 Å². The minimum atomic E-state index is -4.53. The van der Waals surface area contributed by atoms with Crippen LogP contribution in [0.5, 0.6) is 0 Å². The normalized spacial score (nSPS) is 12.0. The lowest BCUT2D eigenvalue weighted by atomic mass is 10.2. The van der Waals surface area contributed by atoms with Crippen LogP contribution < -0.4 is 5.32 Å². The molecule has 4 N–H and O–H groups in total. The Morgan fingerprint density at radius 1 is 1.27 bits per heavy atom. The van der Waals surface area contributed by atoms with Gasteiger partial charge in [-0.2, -0.15) is 18.3 Å². The van der Waals surface area contributed by atoms with Gasteiger partial charge in [0.15, 0.2) is 17.2 Å². The molecular formula is C18H15F3N6O3. The van der Waals surface area contributed by atoms with Crippen LogP contribution in [-0.4, -0.2) is 53.9 Å². The molecule has 0 saturated heterocycles. The molecule has 3 aromatic heterocycles. The number of nitrogens with one attached hydrogen (secondary N) is 2. The number of fused-ring (bicyclic) bond motifs is 3. The lowest BCUT2D eigenvalue weighted by molar-refractivity contribution is -0.137. The van der Waals surface area contributed by atoms with E-state index in [0.29, 0.717) is 35.5 Å². The highest BCUT2D eigenvalue weighted by atomic mass is 19.4. The van der Waals surface area contributed by atoms with E-state index >= 15 is 0 Å². The summed E-state index contributed by atoms with van der Waals surface area (Å²) < 4.78 is 41.1. The molecule has 0 atom stereocenters. The second-order valence-electron chi connectivity index (χ2n) is 6.44. The Labute approximate surface area is 166 Å². The third-order valence-corrected chi connectivity index (χ3v) is 4.45. The third kappa shape index (κ3) is 3.41. The molecule has 4 aromatic rings. The highest BCUT2D eigenvalue weighted by Gasteiger charge is 2.31. The van der Waals surface area contributed by atoms with Crippen molar-refractivity contribution in [3.63, 3.8) is 0 Å². The first-order valence-electron chi connectivity index (χ1n) is 8.82. The summed E-state index contributed by atoms with van der Waals surface area (Å²) in [5.41, 5.74) is 0.432. The van der Waals surface area contributed by atoms with E-state index in [-0.39, 0.29) is 23.6 Å². The molecule has 1 aromatic carbocycles. The minimum absolute atomic E-state index is 0.0686. The van der Waals surface area contributed by atoms with Crippen LogP contribution in [0.1, 0.15) is 22.5 Å². The van der Waals surface area contributed by atoms with Crippen LogP contribution in [0, 0.1) is 0 Å². The van der Waals surface area contributed by atoms with E-state index < -0.39 is 17.7 Å². The molecule has 30 heavy (non-hydrogen) atoms. The molecule has 0 unspecified atom stereocenters. The number of imidazole rings is 1. The van der Waals surface area contributed by atoms with E-state index in [9.17, 15) is 18.0 Å². The fraction of sp³-hybridized carbons (Fsp3) is 0.222. The van der Waals surface area contributed by atoms with E-state index in [1.807, 2.05) is 0 Å². The quantitative estimate of drug-likeness (QED) is 0.353. The molecule has 12 heteroatoms. The second kappa shape index (κ2) is 7.30. The van der Waals surface area contributed by atoms with E-state index in [1.54, 1.807) is 4.40 Å². The predicted molar refractivity (Wildman–Crippen MR) is 100 cm³/mol. The number of halogens is 3. The van der Waals surface area contributed by atoms with Crippen LogP contribution >= 0.6 is 0 Å². The summed E-state index contributed by atoms with van der Waals surface area (Å²) in [6.07, 6.45) is -2.68. The maximum Gasteiger partial charge on any atom is 0.416 e. The fourth-order valence-corrected chi connectivity index (χ4v) is 3.07. The molecule has 156 valence electrons. The number of hydrogen-bond donors (Lipinski definition) is 4. The van der Waals surface area contributed by atoms with E-state index in [1.165, 1.54) is 18.3 Å². The van der Waals surface area contributed by atoms with Gasteiger partial charge in [-0.25, -0.2) is 14.8 Å². The van der Waals surface area contributed by atoms with Crippen molar-refractivity contribution in [2.24, 2.45) is 0 Å². The molecule has 0 spiro atoms. The standard InChI is InChI=1S/C18H15F3N6O3/c19-18(20,21)9-2-3-13-10(6-9)24-15(22-4-1-5-28)16-23-8-14(27(13)16)11-7-12(17(29)30)26-25-11/h2-3,6-8,28H,1,4-5H2,(H,22,24)(H,25,26)(H,29,30). The Kier molecular flexibility index (Phi) is 4.78. The van der Waals surface area contributed by atoms with E-state index in [0.717, 1.165) is 12.1 Å². The zero-order chi connectivity index (χ0) is 21.5. The molecule has 0 radical (unpaired) electrons. The van der Waals surface area contributed by atoms with Crippen LogP contribution in [0.4, 0.5) is 19.0 Å². The van der Waals surface area contributed by atoms with Gasteiger partial charge in [-0.05, 0) is 24.6 Å². The Morgan fingerprint density at radius 2 is 2.07 bits per heavy atom. The number of hydrogen-bond acceptors (Lipinski definition) is 6. The summed E-state index contributed by atoms with van der Waals surface area (Å²) in [6, 6.07) is 4.48. The SMILES string of the molecule is O=C(O)c1cc(-c2cnc3c(NCCCO)nc4cc(C(F)(F)F)ccc4n23)[nH]n1. The summed E-state index contributed by atoms with van der Waals surface area (Å²) in [7, 11) is 0. The van der Waals surface area contributed by atoms with E-state index in [4.69, 9.17) is 10.2 Å². The van der Waals surface area contributed by atoms with Gasteiger partial charge in [-0.3, -0.25) is 9.50 Å². The van der Waals surface area contributed by atoms with Crippen molar-refractivity contribution in [2.75, 3.05) is 18.5 Å². The molecule has 0 aliphatic carbocycles. The average Bonchev–Trinajstić information content (AvgIpc) is 3.34. The number of H-pyrrole nitrogens is 1. The monoisotopic (exact) mass is 420 g/mol. The number of carbonyl (C=O) groups is 1. The zero-order valence-corrected chi connectivity index (χ0v) is 15.2. The topological polar surface area (TPSA) is 128 Å². The van der Waals surface area contributed by atoms with Gasteiger partial charge in [0, 0.05) is 19.2 Å². The van der Waals surface area contributed by atoms with Crippen LogP contribution in [0.2, 0.25) is 0 Å². The molecule has 9 nitrogen and oxygen atoms in total. The number of aromatic amines is 1. The maximum absolute atomic E-state index is 13.2. The van der Waals surface area contributed by atoms with Gasteiger partial charge < -0.3 is 15.5 Å². The number of alkyl halides is 3. The van der Waals surface area contributed by atoms with Gasteiger partial charge in [-0.15, -0.1) is 0 Å². The largest absolute Gasteiger partial charge is 0.476 e. The summed E-state index contributed by atoms with van der Waals surface area (Å²) in [6.45, 7) is 0.264. The van der Waals surface area contributed by atoms with Crippen molar-refractivity contribution in [3.05, 3.63) is 41.7 Å². The van der Waals surface area contributed by atoms with Crippen molar-refractivity contribution in [3.8, 4) is 11.4 Å². The molecule has 3 heterocycles. The molecule has 0 saturated carbocycles. The average molecular weight is 420 g/mol. The second-order valence-corrected chi connectivity index (χ2v) is 6.44. The highest BCUT2D eigenvalue weighted by molar-refractivity contribution is 5.89. The highest BCUT2D eigenvalue weighted by Crippen LogP contribution is 2.33. The van der Waals surface area contributed by atoms with Crippen LogP contribution in [0.15, 0.2) is 30.5 Å². The van der Waals surface area contributed by atoms with Gasteiger partial charge in [-0.1, -0.05) is 0 Å². The fourth-order valence-electron chi connectivity index (χ4n) is 3.07. The summed E-state index contributed by atoms with van der Waals surface area (Å²) >= 11 is 0. The number of carboxylic acids is 1. The van der Waals surface area contributed by atoms with E-state index in [2.05, 4.69) is 25.5 Å². The maximum atomic E-state index is 13.2. The Hall–Kier alpha value is -3.67. The number of aliphatic hydroxyl groups excluding tert-OH is 1. The van der Waals surface area contributed by atoms with Crippen LogP contribution in [-0.2, 0) is 6.18 Å². The smallest absolute Gasteiger partial charge is 0.416 e. The summed E-state index contributed by atoms with van der Waals surface area (Å²) in [4.78, 5) is 19.7. The number of nitrogens with zero attached hydrogens (tertiary/aromatic N) is 4. The lowest BCUT2D eigenvalue weighted by Crippen LogP contribution is -2.09. The number of carboxylic acid groups (broad SMARTS) is 1. The van der Waals surface area contributed by atoms with Crippen molar-refractivity contribution < 1.29 is 28.2 Å².